The van der Waals surface area contributed by atoms with Gasteiger partial charge in [-0.05, 0) is 13.8 Å². The van der Waals surface area contributed by atoms with E-state index in [1.165, 1.54) is 0 Å². The molecular weight excluding hydrogens is 173 g/mol. The molecule has 1 aromatic heterocycles. The average Bonchev–Trinajstić information content (AvgIpc) is 2.49. The van der Waals surface area contributed by atoms with E-state index in [0.29, 0.717) is 6.04 Å². The van der Waals surface area contributed by atoms with Crippen LogP contribution in [0, 0.1) is 0 Å². The van der Waals surface area contributed by atoms with Crippen molar-refractivity contribution in [1.29, 1.82) is 0 Å². The standard InChI is InChI=1S/C10H20BN3/c1-7(2)14(11)9-6-8(12-13-9)10(3,4)5/h6-7H,11H2,1-5H3,(H,12,13). The normalized spacial score (nSPS) is 12.1. The molecule has 0 fully saturated rings. The van der Waals surface area contributed by atoms with Crippen molar-refractivity contribution in [2.24, 2.45) is 0 Å². The summed E-state index contributed by atoms with van der Waals surface area (Å²) in [6.07, 6.45) is 0. The first-order valence-electron chi connectivity index (χ1n) is 5.11. The molecule has 0 unspecified atom stereocenters. The van der Waals surface area contributed by atoms with Crippen molar-refractivity contribution in [3.63, 3.8) is 0 Å². The number of nitrogens with one attached hydrogen (secondary N) is 1. The Bertz CT molecular complexity index is 299. The van der Waals surface area contributed by atoms with Crippen molar-refractivity contribution in [2.75, 3.05) is 4.81 Å². The Labute approximate surface area is 87.3 Å². The number of aromatic amines is 1. The van der Waals surface area contributed by atoms with Crippen molar-refractivity contribution in [2.45, 2.75) is 46.1 Å². The van der Waals surface area contributed by atoms with Crippen molar-refractivity contribution in [1.82, 2.24) is 10.2 Å². The quantitative estimate of drug-likeness (QED) is 0.721. The summed E-state index contributed by atoms with van der Waals surface area (Å²) < 4.78 is 0. The highest BCUT2D eigenvalue weighted by molar-refractivity contribution is 6.17. The highest BCUT2D eigenvalue weighted by Gasteiger charge is 2.18. The number of anilines is 1. The van der Waals surface area contributed by atoms with Gasteiger partial charge in [-0.1, -0.05) is 20.8 Å². The molecule has 0 aromatic carbocycles. The van der Waals surface area contributed by atoms with Gasteiger partial charge in [0.15, 0.2) is 0 Å². The Morgan fingerprint density at radius 2 is 2.00 bits per heavy atom. The van der Waals surface area contributed by atoms with Crippen molar-refractivity contribution in [3.05, 3.63) is 11.8 Å². The number of hydrogen-bond acceptors (Lipinski definition) is 2. The second-order valence-corrected chi connectivity index (χ2v) is 5.09. The van der Waals surface area contributed by atoms with Crippen molar-refractivity contribution >= 4 is 13.8 Å². The molecular formula is C10H20BN3. The van der Waals surface area contributed by atoms with E-state index in [1.54, 1.807) is 0 Å². The Morgan fingerprint density at radius 3 is 2.36 bits per heavy atom. The van der Waals surface area contributed by atoms with Gasteiger partial charge in [-0.15, -0.1) is 0 Å². The van der Waals surface area contributed by atoms with Gasteiger partial charge in [0.25, 0.3) is 0 Å². The summed E-state index contributed by atoms with van der Waals surface area (Å²) in [7, 11) is 2.07. The van der Waals surface area contributed by atoms with E-state index in [1.807, 2.05) is 0 Å². The molecule has 0 radical (unpaired) electrons. The molecule has 0 amide bonds. The van der Waals surface area contributed by atoms with Gasteiger partial charge in [-0.25, -0.2) is 0 Å². The van der Waals surface area contributed by atoms with Crippen LogP contribution in [0.2, 0.25) is 0 Å². The van der Waals surface area contributed by atoms with Crippen LogP contribution in [0.5, 0.6) is 0 Å². The molecule has 4 heteroatoms. The van der Waals surface area contributed by atoms with E-state index in [4.69, 9.17) is 0 Å². The summed E-state index contributed by atoms with van der Waals surface area (Å²) in [5.74, 6) is 1.09. The molecule has 1 aromatic rings. The lowest BCUT2D eigenvalue weighted by Gasteiger charge is -2.22. The van der Waals surface area contributed by atoms with Crippen LogP contribution >= 0.6 is 0 Å². The predicted octanol–water partition coefficient (Wildman–Crippen LogP) is 1.47. The first-order chi connectivity index (χ1) is 6.32. The zero-order valence-corrected chi connectivity index (χ0v) is 10.0. The molecule has 0 saturated carbocycles. The number of H-pyrrole nitrogens is 1. The average molecular weight is 193 g/mol. The molecule has 0 saturated heterocycles. The van der Waals surface area contributed by atoms with Gasteiger partial charge in [0.2, 0.25) is 7.98 Å². The minimum Gasteiger partial charge on any atom is -0.406 e. The molecule has 14 heavy (non-hydrogen) atoms. The molecule has 3 nitrogen and oxygen atoms in total. The summed E-state index contributed by atoms with van der Waals surface area (Å²) in [5.41, 5.74) is 1.23. The van der Waals surface area contributed by atoms with Gasteiger partial charge in [0.05, 0.1) is 5.69 Å². The third kappa shape index (κ3) is 2.31. The third-order valence-electron chi connectivity index (χ3n) is 2.49. The summed E-state index contributed by atoms with van der Waals surface area (Å²) >= 11 is 0. The van der Waals surface area contributed by atoms with Crippen LogP contribution < -0.4 is 4.81 Å². The van der Waals surface area contributed by atoms with Gasteiger partial charge in [-0.3, -0.25) is 5.10 Å². The fourth-order valence-corrected chi connectivity index (χ4v) is 1.15. The molecule has 1 heterocycles. The Kier molecular flexibility index (Phi) is 2.93. The number of rotatable bonds is 2. The minimum atomic E-state index is 0.118. The zero-order chi connectivity index (χ0) is 10.9. The van der Waals surface area contributed by atoms with Gasteiger partial charge < -0.3 is 4.81 Å². The zero-order valence-electron chi connectivity index (χ0n) is 10.0. The van der Waals surface area contributed by atoms with Crippen LogP contribution in [0.25, 0.3) is 0 Å². The predicted molar refractivity (Wildman–Crippen MR) is 63.4 cm³/mol. The highest BCUT2D eigenvalue weighted by Crippen LogP contribution is 2.23. The first kappa shape index (κ1) is 11.2. The van der Waals surface area contributed by atoms with Crippen molar-refractivity contribution in [3.8, 4) is 0 Å². The van der Waals surface area contributed by atoms with Crippen LogP contribution in [-0.2, 0) is 5.41 Å². The number of nitrogens with zero attached hydrogens (tertiary/aromatic N) is 2. The van der Waals surface area contributed by atoms with Gasteiger partial charge >= 0.3 is 0 Å². The van der Waals surface area contributed by atoms with Crippen LogP contribution in [0.3, 0.4) is 0 Å². The largest absolute Gasteiger partial charge is 0.406 e. The van der Waals surface area contributed by atoms with Crippen LogP contribution in [0.15, 0.2) is 6.07 Å². The lowest BCUT2D eigenvalue weighted by molar-refractivity contribution is 0.567. The summed E-state index contributed by atoms with van der Waals surface area (Å²) in [6.45, 7) is 10.8. The smallest absolute Gasteiger partial charge is 0.219 e. The Hall–Kier alpha value is -0.925. The minimum absolute atomic E-state index is 0.118. The number of hydrogen-bond donors (Lipinski definition) is 1. The molecule has 0 aliphatic heterocycles. The monoisotopic (exact) mass is 193 g/mol. The molecule has 0 atom stereocenters. The molecule has 78 valence electrons. The van der Waals surface area contributed by atoms with Gasteiger partial charge in [0, 0.05) is 17.5 Å². The summed E-state index contributed by atoms with van der Waals surface area (Å²) in [5, 5.41) is 7.39. The second-order valence-electron chi connectivity index (χ2n) is 5.09. The summed E-state index contributed by atoms with van der Waals surface area (Å²) in [6, 6.07) is 2.61. The molecule has 1 rings (SSSR count). The Morgan fingerprint density at radius 1 is 1.43 bits per heavy atom. The van der Waals surface area contributed by atoms with Gasteiger partial charge in [0.1, 0.15) is 5.82 Å². The lowest BCUT2D eigenvalue weighted by Crippen LogP contribution is -2.27. The topological polar surface area (TPSA) is 31.9 Å². The SMILES string of the molecule is BN(c1cc(C(C)(C)C)n[nH]1)C(C)C. The van der Waals surface area contributed by atoms with Gasteiger partial charge in [-0.2, -0.15) is 5.10 Å². The van der Waals surface area contributed by atoms with E-state index >= 15 is 0 Å². The molecule has 1 N–H and O–H groups in total. The molecule has 0 aliphatic carbocycles. The molecule has 0 bridgehead atoms. The van der Waals surface area contributed by atoms with E-state index < -0.39 is 0 Å². The Balaban J connectivity index is 2.89. The van der Waals surface area contributed by atoms with E-state index in [-0.39, 0.29) is 5.41 Å². The fourth-order valence-electron chi connectivity index (χ4n) is 1.15. The van der Waals surface area contributed by atoms with E-state index in [9.17, 15) is 0 Å². The number of aromatic nitrogens is 2. The lowest BCUT2D eigenvalue weighted by atomic mass is 9.92. The van der Waals surface area contributed by atoms with Crippen LogP contribution in [0.1, 0.15) is 40.3 Å². The van der Waals surface area contributed by atoms with Crippen LogP contribution in [0.4, 0.5) is 5.82 Å². The third-order valence-corrected chi connectivity index (χ3v) is 2.49. The maximum absolute atomic E-state index is 4.32. The molecule has 0 aliphatic rings. The highest BCUT2D eigenvalue weighted by atomic mass is 15.2. The first-order valence-corrected chi connectivity index (χ1v) is 5.11. The maximum atomic E-state index is 4.32. The van der Waals surface area contributed by atoms with E-state index in [0.717, 1.165) is 11.5 Å². The molecule has 0 spiro atoms. The van der Waals surface area contributed by atoms with E-state index in [2.05, 4.69) is 63.7 Å². The van der Waals surface area contributed by atoms with Crippen molar-refractivity contribution < 1.29 is 0 Å². The second kappa shape index (κ2) is 3.68. The summed E-state index contributed by atoms with van der Waals surface area (Å²) in [4.78, 5) is 2.18. The maximum Gasteiger partial charge on any atom is 0.219 e. The van der Waals surface area contributed by atoms with Crippen LogP contribution in [-0.4, -0.2) is 24.2 Å². The fraction of sp³-hybridized carbons (Fsp3) is 0.700.